The third-order valence-corrected chi connectivity index (χ3v) is 2.62. The second-order valence-corrected chi connectivity index (χ2v) is 4.18. The zero-order chi connectivity index (χ0) is 10.6. The van der Waals surface area contributed by atoms with E-state index in [1.807, 2.05) is 0 Å². The largest absolute Gasteiger partial charge is 0.324 e. The van der Waals surface area contributed by atoms with Crippen LogP contribution in [-0.4, -0.2) is 0 Å². The maximum atomic E-state index is 6.14. The molecule has 0 unspecified atom stereocenters. The van der Waals surface area contributed by atoms with E-state index in [1.54, 1.807) is 0 Å². The van der Waals surface area contributed by atoms with Crippen LogP contribution in [0.4, 0.5) is 0 Å². The molecule has 0 aliphatic carbocycles. The predicted octanol–water partition coefficient (Wildman–Crippen LogP) is 3.61. The first kappa shape index (κ1) is 11.3. The third-order valence-electron chi connectivity index (χ3n) is 2.62. The summed E-state index contributed by atoms with van der Waals surface area (Å²) >= 11 is 0. The molecule has 14 heavy (non-hydrogen) atoms. The lowest BCUT2D eigenvalue weighted by Crippen LogP contribution is -2.12. The zero-order valence-corrected chi connectivity index (χ0v) is 9.46. The van der Waals surface area contributed by atoms with Crippen LogP contribution in [0, 0.1) is 0 Å². The van der Waals surface area contributed by atoms with Gasteiger partial charge >= 0.3 is 0 Å². The number of hydrogen-bond donors (Lipinski definition) is 1. The Balaban J connectivity index is 2.94. The number of nitrogens with two attached hydrogens (primary N) is 1. The van der Waals surface area contributed by atoms with Crippen LogP contribution in [-0.2, 0) is 0 Å². The van der Waals surface area contributed by atoms with Crippen molar-refractivity contribution in [1.82, 2.24) is 0 Å². The maximum absolute atomic E-state index is 6.14. The molecule has 0 amide bonds. The quantitative estimate of drug-likeness (QED) is 0.773. The highest BCUT2D eigenvalue weighted by molar-refractivity contribution is 5.32. The molecule has 0 fully saturated rings. The molecular formula is C13H21N. The van der Waals surface area contributed by atoms with Gasteiger partial charge in [0.1, 0.15) is 0 Å². The second kappa shape index (κ2) is 5.16. The minimum atomic E-state index is 0.207. The number of rotatable bonds is 4. The van der Waals surface area contributed by atoms with E-state index < -0.39 is 0 Å². The average molecular weight is 191 g/mol. The molecule has 0 radical (unpaired) electrons. The SMILES string of the molecule is CCC[C@@H](N)c1ccccc1C(C)C. The van der Waals surface area contributed by atoms with Crippen molar-refractivity contribution in [1.29, 1.82) is 0 Å². The van der Waals surface area contributed by atoms with Crippen LogP contribution < -0.4 is 5.73 Å². The van der Waals surface area contributed by atoms with E-state index >= 15 is 0 Å². The van der Waals surface area contributed by atoms with Gasteiger partial charge in [-0.15, -0.1) is 0 Å². The Labute approximate surface area is 87.3 Å². The minimum Gasteiger partial charge on any atom is -0.324 e. The molecule has 1 aromatic carbocycles. The molecule has 0 spiro atoms. The molecule has 0 aliphatic rings. The Morgan fingerprint density at radius 2 is 1.71 bits per heavy atom. The van der Waals surface area contributed by atoms with Crippen molar-refractivity contribution in [3.05, 3.63) is 35.4 Å². The van der Waals surface area contributed by atoms with Crippen molar-refractivity contribution in [2.45, 2.75) is 45.6 Å². The Morgan fingerprint density at radius 3 is 2.21 bits per heavy atom. The van der Waals surface area contributed by atoms with Gasteiger partial charge in [-0.25, -0.2) is 0 Å². The molecule has 0 saturated heterocycles. The van der Waals surface area contributed by atoms with E-state index in [9.17, 15) is 0 Å². The fraction of sp³-hybridized carbons (Fsp3) is 0.538. The van der Waals surface area contributed by atoms with Crippen LogP contribution in [0.2, 0.25) is 0 Å². The Kier molecular flexibility index (Phi) is 4.15. The van der Waals surface area contributed by atoms with Crippen LogP contribution >= 0.6 is 0 Å². The molecule has 0 saturated carbocycles. The van der Waals surface area contributed by atoms with Crippen molar-refractivity contribution in [2.75, 3.05) is 0 Å². The van der Waals surface area contributed by atoms with Gasteiger partial charge in [-0.1, -0.05) is 51.5 Å². The molecule has 1 heteroatoms. The Bertz CT molecular complexity index is 278. The summed E-state index contributed by atoms with van der Waals surface area (Å²) in [6, 6.07) is 8.73. The van der Waals surface area contributed by atoms with Crippen LogP contribution in [0.25, 0.3) is 0 Å². The summed E-state index contributed by atoms with van der Waals surface area (Å²) in [5.41, 5.74) is 8.86. The molecule has 1 rings (SSSR count). The van der Waals surface area contributed by atoms with E-state index in [4.69, 9.17) is 5.73 Å². The molecule has 1 atom stereocenters. The van der Waals surface area contributed by atoms with E-state index in [-0.39, 0.29) is 6.04 Å². The summed E-state index contributed by atoms with van der Waals surface area (Å²) in [6.45, 7) is 6.62. The fourth-order valence-corrected chi connectivity index (χ4v) is 1.84. The van der Waals surface area contributed by atoms with Gasteiger partial charge in [-0.3, -0.25) is 0 Å². The van der Waals surface area contributed by atoms with Gasteiger partial charge < -0.3 is 5.73 Å². The van der Waals surface area contributed by atoms with E-state index in [2.05, 4.69) is 45.0 Å². The Hall–Kier alpha value is -0.820. The summed E-state index contributed by atoms with van der Waals surface area (Å²) in [6.07, 6.45) is 2.22. The van der Waals surface area contributed by atoms with Gasteiger partial charge in [-0.05, 0) is 23.5 Å². The fourth-order valence-electron chi connectivity index (χ4n) is 1.84. The van der Waals surface area contributed by atoms with Gasteiger partial charge in [0, 0.05) is 6.04 Å². The normalized spacial score (nSPS) is 13.2. The topological polar surface area (TPSA) is 26.0 Å². The molecule has 1 aromatic rings. The smallest absolute Gasteiger partial charge is 0.0297 e. The van der Waals surface area contributed by atoms with Crippen molar-refractivity contribution in [3.8, 4) is 0 Å². The van der Waals surface area contributed by atoms with Gasteiger partial charge in [-0.2, -0.15) is 0 Å². The summed E-state index contributed by atoms with van der Waals surface area (Å²) in [4.78, 5) is 0. The molecule has 0 bridgehead atoms. The van der Waals surface area contributed by atoms with Crippen LogP contribution in [0.3, 0.4) is 0 Å². The molecule has 1 nitrogen and oxygen atoms in total. The highest BCUT2D eigenvalue weighted by atomic mass is 14.6. The standard InChI is InChI=1S/C13H21N/c1-4-7-13(14)12-9-6-5-8-11(12)10(2)3/h5-6,8-10,13H,4,7,14H2,1-3H3/t13-/m1/s1. The molecule has 0 aliphatic heterocycles. The molecule has 78 valence electrons. The summed E-state index contributed by atoms with van der Waals surface area (Å²) in [7, 11) is 0. The summed E-state index contributed by atoms with van der Waals surface area (Å²) < 4.78 is 0. The minimum absolute atomic E-state index is 0.207. The molecule has 2 N–H and O–H groups in total. The van der Waals surface area contributed by atoms with Crippen molar-refractivity contribution < 1.29 is 0 Å². The first-order valence-corrected chi connectivity index (χ1v) is 5.51. The van der Waals surface area contributed by atoms with Gasteiger partial charge in [0.2, 0.25) is 0 Å². The Morgan fingerprint density at radius 1 is 1.14 bits per heavy atom. The first-order valence-electron chi connectivity index (χ1n) is 5.51. The monoisotopic (exact) mass is 191 g/mol. The highest BCUT2D eigenvalue weighted by Gasteiger charge is 2.11. The van der Waals surface area contributed by atoms with Crippen LogP contribution in [0.15, 0.2) is 24.3 Å². The van der Waals surface area contributed by atoms with Crippen LogP contribution in [0.1, 0.15) is 56.7 Å². The van der Waals surface area contributed by atoms with Crippen LogP contribution in [0.5, 0.6) is 0 Å². The average Bonchev–Trinajstić information content (AvgIpc) is 2.18. The highest BCUT2D eigenvalue weighted by Crippen LogP contribution is 2.25. The number of hydrogen-bond acceptors (Lipinski definition) is 1. The van der Waals surface area contributed by atoms with E-state index in [1.165, 1.54) is 11.1 Å². The number of benzene rings is 1. The predicted molar refractivity (Wildman–Crippen MR) is 62.4 cm³/mol. The van der Waals surface area contributed by atoms with Crippen molar-refractivity contribution in [3.63, 3.8) is 0 Å². The lowest BCUT2D eigenvalue weighted by Gasteiger charge is -2.17. The molecular weight excluding hydrogens is 170 g/mol. The lowest BCUT2D eigenvalue weighted by atomic mass is 9.91. The first-order chi connectivity index (χ1) is 6.66. The molecule has 0 heterocycles. The van der Waals surface area contributed by atoms with E-state index in [0.29, 0.717) is 5.92 Å². The molecule has 0 aromatic heterocycles. The third kappa shape index (κ3) is 2.58. The second-order valence-electron chi connectivity index (χ2n) is 4.18. The lowest BCUT2D eigenvalue weighted by molar-refractivity contribution is 0.626. The maximum Gasteiger partial charge on any atom is 0.0297 e. The van der Waals surface area contributed by atoms with Crippen molar-refractivity contribution in [2.24, 2.45) is 5.73 Å². The summed E-state index contributed by atoms with van der Waals surface area (Å²) in [5.74, 6) is 0.564. The summed E-state index contributed by atoms with van der Waals surface area (Å²) in [5, 5.41) is 0. The van der Waals surface area contributed by atoms with Gasteiger partial charge in [0.05, 0.1) is 0 Å². The van der Waals surface area contributed by atoms with Gasteiger partial charge in [0.25, 0.3) is 0 Å². The van der Waals surface area contributed by atoms with Crippen molar-refractivity contribution >= 4 is 0 Å². The van der Waals surface area contributed by atoms with E-state index in [0.717, 1.165) is 12.8 Å². The van der Waals surface area contributed by atoms with Gasteiger partial charge in [0.15, 0.2) is 0 Å². The zero-order valence-electron chi connectivity index (χ0n) is 9.46.